The van der Waals surface area contributed by atoms with E-state index in [1.807, 2.05) is 0 Å². The molecule has 1 aromatic carbocycles. The molecular formula is C19H21FN2O4. The zero-order chi connectivity index (χ0) is 18.7. The van der Waals surface area contributed by atoms with Gasteiger partial charge in [0.1, 0.15) is 17.1 Å². The van der Waals surface area contributed by atoms with Crippen LogP contribution in [0.15, 0.2) is 36.5 Å². The summed E-state index contributed by atoms with van der Waals surface area (Å²) in [7, 11) is 2.91. The Labute approximate surface area is 151 Å². The highest BCUT2D eigenvalue weighted by atomic mass is 19.1. The molecule has 2 N–H and O–H groups in total. The lowest BCUT2D eigenvalue weighted by molar-refractivity contribution is 0.0233. The SMILES string of the molecule is COc1ccc([C@@H](NC(=O)c2c(F)cccc2OC)C2CC(O)C2)cn1. The van der Waals surface area contributed by atoms with Crippen molar-refractivity contribution in [1.82, 2.24) is 10.3 Å². The van der Waals surface area contributed by atoms with E-state index in [-0.39, 0.29) is 23.3 Å². The number of halogens is 1. The number of hydrogen-bond donors (Lipinski definition) is 2. The van der Waals surface area contributed by atoms with Crippen LogP contribution in [-0.2, 0) is 0 Å². The van der Waals surface area contributed by atoms with E-state index < -0.39 is 17.8 Å². The lowest BCUT2D eigenvalue weighted by Gasteiger charge is -2.38. The first-order valence-electron chi connectivity index (χ1n) is 8.34. The van der Waals surface area contributed by atoms with Crippen molar-refractivity contribution >= 4 is 5.91 Å². The van der Waals surface area contributed by atoms with Crippen LogP contribution < -0.4 is 14.8 Å². The van der Waals surface area contributed by atoms with Crippen molar-refractivity contribution < 1.29 is 23.8 Å². The molecule has 1 saturated carbocycles. The summed E-state index contributed by atoms with van der Waals surface area (Å²) in [5, 5.41) is 12.5. The van der Waals surface area contributed by atoms with Crippen LogP contribution in [0.3, 0.4) is 0 Å². The van der Waals surface area contributed by atoms with E-state index in [1.54, 1.807) is 18.3 Å². The average molecular weight is 360 g/mol. The van der Waals surface area contributed by atoms with Crippen molar-refractivity contribution in [2.45, 2.75) is 25.0 Å². The molecule has 26 heavy (non-hydrogen) atoms. The first-order valence-corrected chi connectivity index (χ1v) is 8.34. The fourth-order valence-corrected chi connectivity index (χ4v) is 3.18. The van der Waals surface area contributed by atoms with Crippen LogP contribution in [0.1, 0.15) is 34.8 Å². The molecule has 1 amide bonds. The topological polar surface area (TPSA) is 80.7 Å². The van der Waals surface area contributed by atoms with Gasteiger partial charge in [0.05, 0.1) is 26.4 Å². The molecule has 0 aliphatic heterocycles. The fourth-order valence-electron chi connectivity index (χ4n) is 3.18. The van der Waals surface area contributed by atoms with Gasteiger partial charge in [0, 0.05) is 12.3 Å². The summed E-state index contributed by atoms with van der Waals surface area (Å²) < 4.78 is 24.4. The highest BCUT2D eigenvalue weighted by molar-refractivity contribution is 5.97. The van der Waals surface area contributed by atoms with Gasteiger partial charge in [-0.3, -0.25) is 4.79 Å². The van der Waals surface area contributed by atoms with E-state index in [9.17, 15) is 14.3 Å². The Bertz CT molecular complexity index is 776. The van der Waals surface area contributed by atoms with Crippen LogP contribution in [0, 0.1) is 11.7 Å². The lowest BCUT2D eigenvalue weighted by atomic mass is 9.75. The zero-order valence-corrected chi connectivity index (χ0v) is 14.6. The second-order valence-electron chi connectivity index (χ2n) is 6.29. The number of aromatic nitrogens is 1. The van der Waals surface area contributed by atoms with E-state index in [0.29, 0.717) is 18.7 Å². The molecule has 1 aliphatic carbocycles. The predicted molar refractivity (Wildman–Crippen MR) is 92.7 cm³/mol. The van der Waals surface area contributed by atoms with Gasteiger partial charge < -0.3 is 19.9 Å². The number of aliphatic hydroxyl groups excluding tert-OH is 1. The molecule has 3 rings (SSSR count). The molecule has 7 heteroatoms. The summed E-state index contributed by atoms with van der Waals surface area (Å²) in [5.74, 6) is -0.544. The number of pyridine rings is 1. The highest BCUT2D eigenvalue weighted by Crippen LogP contribution is 2.38. The maximum Gasteiger partial charge on any atom is 0.258 e. The number of aliphatic hydroxyl groups is 1. The molecule has 1 aromatic heterocycles. The van der Waals surface area contributed by atoms with Crippen molar-refractivity contribution in [3.8, 4) is 11.6 Å². The van der Waals surface area contributed by atoms with E-state index >= 15 is 0 Å². The quantitative estimate of drug-likeness (QED) is 0.827. The third-order valence-corrected chi connectivity index (χ3v) is 4.66. The number of carbonyl (C=O) groups is 1. The summed E-state index contributed by atoms with van der Waals surface area (Å²) >= 11 is 0. The maximum atomic E-state index is 14.2. The molecule has 138 valence electrons. The normalized spacial score (nSPS) is 20.0. The molecule has 6 nitrogen and oxygen atoms in total. The summed E-state index contributed by atoms with van der Waals surface area (Å²) in [5.41, 5.74) is 0.632. The molecular weight excluding hydrogens is 339 g/mol. The van der Waals surface area contributed by atoms with Crippen molar-refractivity contribution in [3.05, 3.63) is 53.5 Å². The van der Waals surface area contributed by atoms with Gasteiger partial charge in [0.15, 0.2) is 0 Å². The Morgan fingerprint density at radius 2 is 2.04 bits per heavy atom. The Kier molecular flexibility index (Phi) is 5.37. The van der Waals surface area contributed by atoms with Crippen LogP contribution in [0.2, 0.25) is 0 Å². The van der Waals surface area contributed by atoms with E-state index in [4.69, 9.17) is 9.47 Å². The first kappa shape index (κ1) is 18.1. The first-order chi connectivity index (χ1) is 12.5. The van der Waals surface area contributed by atoms with Crippen LogP contribution in [-0.4, -0.2) is 36.3 Å². The molecule has 0 saturated heterocycles. The number of methoxy groups -OCH3 is 2. The van der Waals surface area contributed by atoms with Crippen molar-refractivity contribution in [1.29, 1.82) is 0 Å². The van der Waals surface area contributed by atoms with Gasteiger partial charge in [-0.25, -0.2) is 9.37 Å². The minimum Gasteiger partial charge on any atom is -0.496 e. The smallest absolute Gasteiger partial charge is 0.258 e. The monoisotopic (exact) mass is 360 g/mol. The van der Waals surface area contributed by atoms with E-state index in [2.05, 4.69) is 10.3 Å². The van der Waals surface area contributed by atoms with Gasteiger partial charge in [0.2, 0.25) is 5.88 Å². The minimum atomic E-state index is -0.651. The second kappa shape index (κ2) is 7.70. The van der Waals surface area contributed by atoms with Crippen LogP contribution in [0.4, 0.5) is 4.39 Å². The Hall–Kier alpha value is -2.67. The number of hydrogen-bond acceptors (Lipinski definition) is 5. The molecule has 1 fully saturated rings. The predicted octanol–water partition coefficient (Wildman–Crippen LogP) is 2.48. The van der Waals surface area contributed by atoms with Gasteiger partial charge >= 0.3 is 0 Å². The molecule has 1 heterocycles. The molecule has 2 aromatic rings. The summed E-state index contributed by atoms with van der Waals surface area (Å²) in [6.45, 7) is 0. The van der Waals surface area contributed by atoms with Crippen molar-refractivity contribution in [2.24, 2.45) is 5.92 Å². The Morgan fingerprint density at radius 1 is 1.27 bits per heavy atom. The Morgan fingerprint density at radius 3 is 2.62 bits per heavy atom. The van der Waals surface area contributed by atoms with Gasteiger partial charge in [-0.1, -0.05) is 12.1 Å². The fraction of sp³-hybridized carbons (Fsp3) is 0.368. The molecule has 0 radical (unpaired) electrons. The maximum absolute atomic E-state index is 14.2. The number of nitrogens with one attached hydrogen (secondary N) is 1. The molecule has 0 spiro atoms. The molecule has 0 bridgehead atoms. The number of amides is 1. The van der Waals surface area contributed by atoms with Crippen LogP contribution in [0.5, 0.6) is 11.6 Å². The average Bonchev–Trinajstić information content (AvgIpc) is 2.63. The number of nitrogens with zero attached hydrogens (tertiary/aromatic N) is 1. The van der Waals surface area contributed by atoms with E-state index in [0.717, 1.165) is 5.56 Å². The summed E-state index contributed by atoms with van der Waals surface area (Å²) in [6, 6.07) is 7.35. The number of rotatable bonds is 6. The zero-order valence-electron chi connectivity index (χ0n) is 14.6. The second-order valence-corrected chi connectivity index (χ2v) is 6.29. The molecule has 1 aliphatic rings. The lowest BCUT2D eigenvalue weighted by Crippen LogP contribution is -2.41. The minimum absolute atomic E-state index is 0.0434. The van der Waals surface area contributed by atoms with Gasteiger partial charge in [-0.05, 0) is 36.5 Å². The van der Waals surface area contributed by atoms with Crippen molar-refractivity contribution in [3.63, 3.8) is 0 Å². The third-order valence-electron chi connectivity index (χ3n) is 4.66. The number of benzene rings is 1. The third kappa shape index (κ3) is 3.62. The van der Waals surface area contributed by atoms with Gasteiger partial charge in [-0.15, -0.1) is 0 Å². The Balaban J connectivity index is 1.87. The standard InChI is InChI=1S/C19H21FN2O4/c1-25-15-5-3-4-14(20)17(15)19(24)22-18(12-8-13(23)9-12)11-6-7-16(26-2)21-10-11/h3-7,10,12-13,18,23H,8-9H2,1-2H3,(H,22,24)/t12?,13?,18-/m1/s1. The van der Waals surface area contributed by atoms with E-state index in [1.165, 1.54) is 32.4 Å². The molecule has 0 unspecified atom stereocenters. The number of ether oxygens (including phenoxy) is 2. The largest absolute Gasteiger partial charge is 0.496 e. The van der Waals surface area contributed by atoms with Gasteiger partial charge in [0.25, 0.3) is 5.91 Å². The highest BCUT2D eigenvalue weighted by Gasteiger charge is 2.36. The molecule has 1 atom stereocenters. The van der Waals surface area contributed by atoms with Gasteiger partial charge in [-0.2, -0.15) is 0 Å². The number of carbonyl (C=O) groups excluding carboxylic acids is 1. The summed E-state index contributed by atoms with van der Waals surface area (Å²) in [4.78, 5) is 16.9. The van der Waals surface area contributed by atoms with Crippen LogP contribution in [0.25, 0.3) is 0 Å². The van der Waals surface area contributed by atoms with Crippen molar-refractivity contribution in [2.75, 3.05) is 14.2 Å². The summed E-state index contributed by atoms with van der Waals surface area (Å²) in [6.07, 6.45) is 2.36. The van der Waals surface area contributed by atoms with Crippen LogP contribution >= 0.6 is 0 Å².